The summed E-state index contributed by atoms with van der Waals surface area (Å²) in [5.41, 5.74) is 0. The van der Waals surface area contributed by atoms with E-state index in [1.807, 2.05) is 0 Å². The van der Waals surface area contributed by atoms with Gasteiger partial charge in [-0.3, -0.25) is 9.59 Å². The average Bonchev–Trinajstić information content (AvgIpc) is 2.97. The summed E-state index contributed by atoms with van der Waals surface area (Å²) in [6.07, 6.45) is 43.1. The molecule has 0 saturated carbocycles. The predicted molar refractivity (Wildman–Crippen MR) is 181 cm³/mol. The van der Waals surface area contributed by atoms with Crippen molar-refractivity contribution in [3.63, 3.8) is 0 Å². The molecule has 0 aromatic carbocycles. The quantitative estimate of drug-likeness (QED) is 0.0482. The maximum atomic E-state index is 12.5. The van der Waals surface area contributed by atoms with Crippen molar-refractivity contribution in [2.24, 2.45) is 0 Å². The molecule has 0 fully saturated rings. The number of carbonyl (C=O) groups is 2. The van der Waals surface area contributed by atoms with E-state index in [2.05, 4.69) is 50.3 Å². The Balaban J connectivity index is 4.06. The minimum atomic E-state index is -0.723. The third-order valence-corrected chi connectivity index (χ3v) is 7.82. The van der Waals surface area contributed by atoms with Gasteiger partial charge in [0.1, 0.15) is 6.10 Å². The normalized spacial score (nSPS) is 12.6. The molecule has 0 rings (SSSR count). The number of rotatable bonds is 32. The summed E-state index contributed by atoms with van der Waals surface area (Å²) in [6.45, 7) is 4.51. The Morgan fingerprint density at radius 3 is 1.57 bits per heavy atom. The number of carbonyl (C=O) groups excluding carboxylic acids is 1. The first kappa shape index (κ1) is 40.2. The number of aliphatic carboxylic acids is 1. The fourth-order valence-electron chi connectivity index (χ4n) is 5.12. The Morgan fingerprint density at radius 2 is 1.00 bits per heavy atom. The molecule has 4 heteroatoms. The molecule has 0 aromatic heterocycles. The fourth-order valence-corrected chi connectivity index (χ4v) is 5.12. The number of hydrogen-bond donors (Lipinski definition) is 1. The lowest BCUT2D eigenvalue weighted by Gasteiger charge is -2.15. The van der Waals surface area contributed by atoms with Crippen molar-refractivity contribution in [3.8, 4) is 0 Å². The lowest BCUT2D eigenvalue weighted by atomic mass is 10.1. The molecule has 0 aliphatic rings. The summed E-state index contributed by atoms with van der Waals surface area (Å²) in [6, 6.07) is 0. The highest BCUT2D eigenvalue weighted by atomic mass is 16.5. The first-order chi connectivity index (χ1) is 20.6. The van der Waals surface area contributed by atoms with E-state index in [1.54, 1.807) is 0 Å². The van der Waals surface area contributed by atoms with Crippen LogP contribution in [-0.2, 0) is 14.3 Å². The molecule has 0 aliphatic carbocycles. The van der Waals surface area contributed by atoms with Gasteiger partial charge in [0.05, 0.1) is 0 Å². The van der Waals surface area contributed by atoms with E-state index in [-0.39, 0.29) is 18.5 Å². The van der Waals surface area contributed by atoms with Crippen molar-refractivity contribution < 1.29 is 19.4 Å². The number of unbranched alkanes of at least 4 members (excludes halogenated alkanes) is 19. The third kappa shape index (κ3) is 32.7. The van der Waals surface area contributed by atoms with Crippen LogP contribution < -0.4 is 0 Å². The summed E-state index contributed by atoms with van der Waals surface area (Å²) >= 11 is 0. The summed E-state index contributed by atoms with van der Waals surface area (Å²) in [5.74, 6) is -0.800. The lowest BCUT2D eigenvalue weighted by molar-refractivity contribution is -0.147. The van der Waals surface area contributed by atoms with Gasteiger partial charge < -0.3 is 9.84 Å². The van der Waals surface area contributed by atoms with E-state index in [0.717, 1.165) is 64.2 Å². The van der Waals surface area contributed by atoms with E-state index in [1.165, 1.54) is 96.3 Å². The molecule has 1 atom stereocenters. The van der Waals surface area contributed by atoms with Crippen LogP contribution in [0.2, 0.25) is 0 Å². The van der Waals surface area contributed by atoms with Crippen LogP contribution in [0.15, 0.2) is 36.5 Å². The van der Waals surface area contributed by atoms with Crippen LogP contribution in [-0.4, -0.2) is 23.1 Å². The molecule has 0 amide bonds. The zero-order valence-electron chi connectivity index (χ0n) is 27.8. The Kier molecular flexibility index (Phi) is 32.2. The van der Waals surface area contributed by atoms with Gasteiger partial charge in [0.2, 0.25) is 0 Å². The second-order valence-corrected chi connectivity index (χ2v) is 12.0. The number of carboxylic acids is 1. The van der Waals surface area contributed by atoms with Crippen LogP contribution in [0.5, 0.6) is 0 Å². The molecule has 0 bridgehead atoms. The fraction of sp³-hybridized carbons (Fsp3) is 0.789. The third-order valence-electron chi connectivity index (χ3n) is 7.82. The molecule has 4 nitrogen and oxygen atoms in total. The standard InChI is InChI=1S/C38H68O4/c1-3-5-7-9-11-13-14-15-16-17-18-19-21-23-25-31-35-38(41)42-36(33-29-26-27-30-34-37(39)40)32-28-24-22-20-12-10-8-6-4-2/h13-14,16-17,28,32,36H,3-12,15,18-27,29-31,33-35H2,1-2H3,(H,39,40)/b14-13-,17-16-,32-28-. The van der Waals surface area contributed by atoms with Gasteiger partial charge in [-0.1, -0.05) is 134 Å². The van der Waals surface area contributed by atoms with Gasteiger partial charge in [-0.05, 0) is 76.7 Å². The number of esters is 1. The van der Waals surface area contributed by atoms with Gasteiger partial charge >= 0.3 is 11.9 Å². The van der Waals surface area contributed by atoms with E-state index in [9.17, 15) is 9.59 Å². The number of ether oxygens (including phenoxy) is 1. The molecule has 0 heterocycles. The van der Waals surface area contributed by atoms with Crippen LogP contribution in [0.4, 0.5) is 0 Å². The van der Waals surface area contributed by atoms with Crippen molar-refractivity contribution in [3.05, 3.63) is 36.5 Å². The first-order valence-electron chi connectivity index (χ1n) is 18.0. The summed E-state index contributed by atoms with van der Waals surface area (Å²) < 4.78 is 5.86. The summed E-state index contributed by atoms with van der Waals surface area (Å²) in [5, 5.41) is 8.81. The molecular formula is C38H68O4. The zero-order chi connectivity index (χ0) is 30.8. The number of allylic oxidation sites excluding steroid dienone is 5. The second kappa shape index (κ2) is 33.7. The van der Waals surface area contributed by atoms with Gasteiger partial charge in [0.15, 0.2) is 0 Å². The molecule has 0 aliphatic heterocycles. The lowest BCUT2D eigenvalue weighted by Crippen LogP contribution is -2.16. The Bertz CT molecular complexity index is 679. The monoisotopic (exact) mass is 589 g/mol. The predicted octanol–water partition coefficient (Wildman–Crippen LogP) is 12.2. The van der Waals surface area contributed by atoms with Crippen LogP contribution in [0, 0.1) is 0 Å². The van der Waals surface area contributed by atoms with Crippen molar-refractivity contribution in [1.82, 2.24) is 0 Å². The maximum absolute atomic E-state index is 12.5. The van der Waals surface area contributed by atoms with Gasteiger partial charge in [0.25, 0.3) is 0 Å². The smallest absolute Gasteiger partial charge is 0.306 e. The highest BCUT2D eigenvalue weighted by Gasteiger charge is 2.11. The Morgan fingerprint density at radius 1 is 0.548 bits per heavy atom. The molecule has 1 N–H and O–H groups in total. The zero-order valence-corrected chi connectivity index (χ0v) is 27.8. The van der Waals surface area contributed by atoms with E-state index in [4.69, 9.17) is 9.84 Å². The maximum Gasteiger partial charge on any atom is 0.306 e. The molecule has 244 valence electrons. The Labute approximate surface area is 260 Å². The number of carboxylic acid groups (broad SMARTS) is 1. The molecule has 0 radical (unpaired) electrons. The molecular weight excluding hydrogens is 520 g/mol. The van der Waals surface area contributed by atoms with Gasteiger partial charge in [-0.2, -0.15) is 0 Å². The summed E-state index contributed by atoms with van der Waals surface area (Å²) in [7, 11) is 0. The first-order valence-corrected chi connectivity index (χ1v) is 18.0. The molecule has 0 saturated heterocycles. The van der Waals surface area contributed by atoms with Crippen LogP contribution in [0.25, 0.3) is 0 Å². The molecule has 0 aromatic rings. The SMILES string of the molecule is CCCCCC/C=C\C/C=C\CCCCCCCC(=O)OC(/C=C\CCCCCCCCC)CCCCCCC(=O)O. The molecule has 0 spiro atoms. The van der Waals surface area contributed by atoms with Crippen molar-refractivity contribution in [2.45, 2.75) is 193 Å². The summed E-state index contributed by atoms with van der Waals surface area (Å²) in [4.78, 5) is 23.2. The largest absolute Gasteiger partial charge is 0.481 e. The minimum absolute atomic E-state index is 0.0761. The van der Waals surface area contributed by atoms with Crippen molar-refractivity contribution >= 4 is 11.9 Å². The molecule has 42 heavy (non-hydrogen) atoms. The Hall–Kier alpha value is -1.84. The van der Waals surface area contributed by atoms with E-state index < -0.39 is 5.97 Å². The van der Waals surface area contributed by atoms with E-state index >= 15 is 0 Å². The second-order valence-electron chi connectivity index (χ2n) is 12.0. The number of hydrogen-bond acceptors (Lipinski definition) is 3. The van der Waals surface area contributed by atoms with Gasteiger partial charge in [-0.15, -0.1) is 0 Å². The van der Waals surface area contributed by atoms with Gasteiger partial charge in [-0.25, -0.2) is 0 Å². The van der Waals surface area contributed by atoms with Crippen molar-refractivity contribution in [1.29, 1.82) is 0 Å². The minimum Gasteiger partial charge on any atom is -0.481 e. The molecule has 1 unspecified atom stereocenters. The highest BCUT2D eigenvalue weighted by Crippen LogP contribution is 2.15. The van der Waals surface area contributed by atoms with E-state index in [0.29, 0.717) is 6.42 Å². The van der Waals surface area contributed by atoms with Crippen LogP contribution >= 0.6 is 0 Å². The van der Waals surface area contributed by atoms with Gasteiger partial charge in [0, 0.05) is 12.8 Å². The van der Waals surface area contributed by atoms with Crippen LogP contribution in [0.1, 0.15) is 187 Å². The van der Waals surface area contributed by atoms with Crippen LogP contribution in [0.3, 0.4) is 0 Å². The average molecular weight is 589 g/mol. The topological polar surface area (TPSA) is 63.6 Å². The van der Waals surface area contributed by atoms with Crippen molar-refractivity contribution in [2.75, 3.05) is 0 Å². The highest BCUT2D eigenvalue weighted by molar-refractivity contribution is 5.69.